The summed E-state index contributed by atoms with van der Waals surface area (Å²) in [5, 5.41) is 5.17. The van der Waals surface area contributed by atoms with E-state index in [1.54, 1.807) is 20.8 Å². The number of carbonyl (C=O) groups excluding carboxylic acids is 4. The standard InChI is InChI=1S/C27H45F3N4O4/c1-17(2)24(25(37)32-21(16-35)14-19-8-10-20(15-31)11-9-19)33-22(27(28,29)30)7-5-4-6-12-34-23(36)13-18(3)26(34)38/h16-22,24,33H,4-15,31H2,1-3H3,(H,32,37). The number of imide groups is 1. The van der Waals surface area contributed by atoms with E-state index in [0.717, 1.165) is 25.7 Å². The molecule has 0 aromatic rings. The predicted molar refractivity (Wildman–Crippen MR) is 138 cm³/mol. The Morgan fingerprint density at radius 1 is 1.11 bits per heavy atom. The molecular weight excluding hydrogens is 501 g/mol. The number of carbonyl (C=O) groups is 4. The number of nitrogens with two attached hydrogens (primary N) is 1. The van der Waals surface area contributed by atoms with Crippen molar-refractivity contribution in [2.24, 2.45) is 29.4 Å². The fraction of sp³-hybridized carbons (Fsp3) is 0.852. The molecule has 2 aliphatic rings. The molecule has 1 aliphatic heterocycles. The maximum atomic E-state index is 13.8. The van der Waals surface area contributed by atoms with E-state index in [9.17, 15) is 32.3 Å². The van der Waals surface area contributed by atoms with Gasteiger partial charge in [0.25, 0.3) is 0 Å². The highest BCUT2D eigenvalue weighted by molar-refractivity contribution is 6.03. The molecule has 4 N–H and O–H groups in total. The van der Waals surface area contributed by atoms with Crippen molar-refractivity contribution in [2.45, 2.75) is 109 Å². The molecule has 218 valence electrons. The zero-order chi connectivity index (χ0) is 28.5. The van der Waals surface area contributed by atoms with E-state index in [1.807, 2.05) is 0 Å². The number of hydrogen-bond donors (Lipinski definition) is 3. The second-order valence-electron chi connectivity index (χ2n) is 11.4. The number of nitrogens with zero attached hydrogens (tertiary/aromatic N) is 1. The van der Waals surface area contributed by atoms with Crippen LogP contribution in [0.5, 0.6) is 0 Å². The Bertz CT molecular complexity index is 800. The average molecular weight is 547 g/mol. The van der Waals surface area contributed by atoms with E-state index in [1.165, 1.54) is 4.90 Å². The summed E-state index contributed by atoms with van der Waals surface area (Å²) in [6, 6.07) is -3.75. The Morgan fingerprint density at radius 2 is 1.74 bits per heavy atom. The Kier molecular flexibility index (Phi) is 12.7. The highest BCUT2D eigenvalue weighted by atomic mass is 19.4. The first-order valence-electron chi connectivity index (χ1n) is 14.0. The van der Waals surface area contributed by atoms with Gasteiger partial charge in [0, 0.05) is 18.9 Å². The van der Waals surface area contributed by atoms with Gasteiger partial charge in [0.2, 0.25) is 17.7 Å². The van der Waals surface area contributed by atoms with Crippen LogP contribution >= 0.6 is 0 Å². The van der Waals surface area contributed by atoms with Crippen molar-refractivity contribution in [3.63, 3.8) is 0 Å². The van der Waals surface area contributed by atoms with Gasteiger partial charge in [-0.3, -0.25) is 24.6 Å². The number of nitrogens with one attached hydrogen (secondary N) is 2. The normalized spacial score (nSPS) is 24.9. The number of likely N-dealkylation sites (tertiary alicyclic amines) is 1. The van der Waals surface area contributed by atoms with E-state index < -0.39 is 36.1 Å². The summed E-state index contributed by atoms with van der Waals surface area (Å²) < 4.78 is 41.5. The molecule has 2 rings (SSSR count). The first-order chi connectivity index (χ1) is 17.9. The zero-order valence-corrected chi connectivity index (χ0v) is 22.9. The molecule has 1 saturated heterocycles. The fourth-order valence-corrected chi connectivity index (χ4v) is 5.49. The quantitative estimate of drug-likeness (QED) is 0.165. The van der Waals surface area contributed by atoms with Crippen molar-refractivity contribution in [3.8, 4) is 0 Å². The molecule has 8 nitrogen and oxygen atoms in total. The molecule has 4 unspecified atom stereocenters. The third-order valence-electron chi connectivity index (χ3n) is 7.95. The minimum Gasteiger partial charge on any atom is -0.345 e. The van der Waals surface area contributed by atoms with Gasteiger partial charge in [-0.25, -0.2) is 0 Å². The largest absolute Gasteiger partial charge is 0.403 e. The number of rotatable bonds is 15. The van der Waals surface area contributed by atoms with Gasteiger partial charge in [0.15, 0.2) is 0 Å². The van der Waals surface area contributed by atoms with Gasteiger partial charge >= 0.3 is 6.18 Å². The van der Waals surface area contributed by atoms with Crippen molar-refractivity contribution in [2.75, 3.05) is 13.1 Å². The number of alkyl halides is 3. The van der Waals surface area contributed by atoms with Crippen LogP contribution in [0, 0.1) is 23.7 Å². The lowest BCUT2D eigenvalue weighted by Gasteiger charge is -2.31. The zero-order valence-electron chi connectivity index (χ0n) is 22.9. The number of hydrogen-bond acceptors (Lipinski definition) is 6. The summed E-state index contributed by atoms with van der Waals surface area (Å²) in [5.74, 6) is -1.09. The molecule has 38 heavy (non-hydrogen) atoms. The van der Waals surface area contributed by atoms with Gasteiger partial charge in [-0.05, 0) is 56.4 Å². The van der Waals surface area contributed by atoms with Crippen LogP contribution in [-0.4, -0.2) is 66.3 Å². The van der Waals surface area contributed by atoms with Crippen LogP contribution < -0.4 is 16.4 Å². The van der Waals surface area contributed by atoms with Gasteiger partial charge in [-0.15, -0.1) is 0 Å². The van der Waals surface area contributed by atoms with E-state index >= 15 is 0 Å². The highest BCUT2D eigenvalue weighted by Crippen LogP contribution is 2.31. The minimum atomic E-state index is -4.56. The SMILES string of the molecule is CC1CC(=O)N(CCCCCC(NC(C(=O)NC(C=O)CC2CCC(CN)CC2)C(C)C)C(F)(F)F)C1=O. The van der Waals surface area contributed by atoms with Crippen LogP contribution in [0.3, 0.4) is 0 Å². The van der Waals surface area contributed by atoms with Gasteiger partial charge in [-0.2, -0.15) is 13.2 Å². The van der Waals surface area contributed by atoms with Crippen molar-refractivity contribution < 1.29 is 32.3 Å². The van der Waals surface area contributed by atoms with Crippen LogP contribution in [0.2, 0.25) is 0 Å². The summed E-state index contributed by atoms with van der Waals surface area (Å²) >= 11 is 0. The van der Waals surface area contributed by atoms with Crippen LogP contribution in [0.25, 0.3) is 0 Å². The number of unbranched alkanes of at least 4 members (excludes halogenated alkanes) is 2. The first-order valence-corrected chi connectivity index (χ1v) is 14.0. The summed E-state index contributed by atoms with van der Waals surface area (Å²) in [5.41, 5.74) is 5.73. The monoisotopic (exact) mass is 546 g/mol. The van der Waals surface area contributed by atoms with Crippen molar-refractivity contribution in [3.05, 3.63) is 0 Å². The van der Waals surface area contributed by atoms with Crippen molar-refractivity contribution in [1.82, 2.24) is 15.5 Å². The first kappa shape index (κ1) is 32.2. The molecule has 1 heterocycles. The molecule has 1 aliphatic carbocycles. The Balaban J connectivity index is 1.87. The van der Waals surface area contributed by atoms with Crippen molar-refractivity contribution >= 4 is 24.0 Å². The Hall–Kier alpha value is -2.01. The summed E-state index contributed by atoms with van der Waals surface area (Å²) in [6.45, 7) is 5.87. The lowest BCUT2D eigenvalue weighted by molar-refractivity contribution is -0.161. The third kappa shape index (κ3) is 9.63. The van der Waals surface area contributed by atoms with E-state index in [2.05, 4.69) is 10.6 Å². The third-order valence-corrected chi connectivity index (χ3v) is 7.95. The summed E-state index contributed by atoms with van der Waals surface area (Å²) in [6.07, 6.45) is 1.39. The summed E-state index contributed by atoms with van der Waals surface area (Å²) in [4.78, 5) is 49.7. The molecule has 0 radical (unpaired) electrons. The van der Waals surface area contributed by atoms with Crippen molar-refractivity contribution in [1.29, 1.82) is 0 Å². The molecule has 3 amide bonds. The second-order valence-corrected chi connectivity index (χ2v) is 11.4. The molecular formula is C27H45F3N4O4. The molecule has 11 heteroatoms. The predicted octanol–water partition coefficient (Wildman–Crippen LogP) is 3.33. The van der Waals surface area contributed by atoms with E-state index in [-0.39, 0.29) is 49.5 Å². The summed E-state index contributed by atoms with van der Waals surface area (Å²) in [7, 11) is 0. The lowest BCUT2D eigenvalue weighted by atomic mass is 9.79. The number of halogens is 3. The topological polar surface area (TPSA) is 122 Å². The molecule has 0 spiro atoms. The van der Waals surface area contributed by atoms with Gasteiger partial charge in [0.05, 0.1) is 12.1 Å². The maximum absolute atomic E-state index is 13.8. The molecule has 2 fully saturated rings. The smallest absolute Gasteiger partial charge is 0.345 e. The van der Waals surface area contributed by atoms with Crippen LogP contribution in [0.1, 0.15) is 85.0 Å². The van der Waals surface area contributed by atoms with Crippen LogP contribution in [0.15, 0.2) is 0 Å². The number of amides is 3. The van der Waals surface area contributed by atoms with Gasteiger partial charge in [0.1, 0.15) is 12.3 Å². The molecule has 1 saturated carbocycles. The minimum absolute atomic E-state index is 0.178. The molecule has 4 atom stereocenters. The molecule has 0 aromatic heterocycles. The highest BCUT2D eigenvalue weighted by Gasteiger charge is 2.42. The average Bonchev–Trinajstić information content (AvgIpc) is 3.10. The van der Waals surface area contributed by atoms with Crippen LogP contribution in [0.4, 0.5) is 13.2 Å². The van der Waals surface area contributed by atoms with E-state index in [0.29, 0.717) is 38.0 Å². The maximum Gasteiger partial charge on any atom is 0.403 e. The van der Waals surface area contributed by atoms with Crippen LogP contribution in [-0.2, 0) is 19.2 Å². The van der Waals surface area contributed by atoms with Gasteiger partial charge in [-0.1, -0.05) is 46.5 Å². The number of aldehydes is 1. The Labute approximate surface area is 224 Å². The fourth-order valence-electron chi connectivity index (χ4n) is 5.49. The molecule has 0 bridgehead atoms. The van der Waals surface area contributed by atoms with Gasteiger partial charge < -0.3 is 15.8 Å². The molecule has 0 aromatic carbocycles. The second kappa shape index (κ2) is 15.0. The Morgan fingerprint density at radius 3 is 2.24 bits per heavy atom. The lowest BCUT2D eigenvalue weighted by Crippen LogP contribution is -2.57. The van der Waals surface area contributed by atoms with E-state index in [4.69, 9.17) is 5.73 Å².